The summed E-state index contributed by atoms with van der Waals surface area (Å²) in [5, 5.41) is 9.52. The Morgan fingerprint density at radius 2 is 1.35 bits per heavy atom. The van der Waals surface area contributed by atoms with Gasteiger partial charge in [-0.1, -0.05) is 30.3 Å². The molecule has 0 atom stereocenters. The predicted molar refractivity (Wildman–Crippen MR) is 67.8 cm³/mol. The Morgan fingerprint density at radius 3 is 1.71 bits per heavy atom. The molecule has 0 aliphatic rings. The van der Waals surface area contributed by atoms with Crippen molar-refractivity contribution < 1.29 is 16.8 Å². The summed E-state index contributed by atoms with van der Waals surface area (Å²) in [6, 6.07) is 7.99. The van der Waals surface area contributed by atoms with Crippen LogP contribution in [0.1, 0.15) is 5.56 Å². The molecule has 0 heterocycles. The van der Waals surface area contributed by atoms with E-state index in [0.717, 1.165) is 6.08 Å². The van der Waals surface area contributed by atoms with Crippen LogP contribution < -0.4 is 10.3 Å². The van der Waals surface area contributed by atoms with Crippen LogP contribution >= 0.6 is 0 Å². The summed E-state index contributed by atoms with van der Waals surface area (Å²) in [6.07, 6.45) is 0.907. The zero-order valence-electron chi connectivity index (χ0n) is 8.07. The zero-order valence-corrected chi connectivity index (χ0v) is 9.70. The molecule has 0 bridgehead atoms. The van der Waals surface area contributed by atoms with Gasteiger partial charge in [0.05, 0.1) is 0 Å². The Bertz CT molecular complexity index is 574. The first kappa shape index (κ1) is 16.4. The van der Waals surface area contributed by atoms with Gasteiger partial charge >= 0.3 is 18.9 Å². The van der Waals surface area contributed by atoms with Crippen molar-refractivity contribution in [2.45, 2.75) is 0 Å². The SMILES string of the molecule is NS(=O)(=O)C(=Cc1ccccc1)S(N)(=O)=O.[LiH]. The van der Waals surface area contributed by atoms with Crippen LogP contribution in [0.25, 0.3) is 6.08 Å². The van der Waals surface area contributed by atoms with Crippen LogP contribution in [-0.4, -0.2) is 35.7 Å². The van der Waals surface area contributed by atoms with Gasteiger partial charge in [0, 0.05) is 0 Å². The first-order valence-corrected chi connectivity index (χ1v) is 7.13. The molecule has 0 aliphatic carbocycles. The standard InChI is InChI=1S/C8H10N2O4S2.Li.H/c9-15(11,12)8(16(10,13)14)6-7-4-2-1-3-5-7;;/h1-6H,(H2,9,11,12)(H2,10,13,14);;. The van der Waals surface area contributed by atoms with Crippen molar-refractivity contribution >= 4 is 45.0 Å². The molecule has 9 heteroatoms. The minimum absolute atomic E-state index is 0. The monoisotopic (exact) mass is 270 g/mol. The molecule has 0 unspecified atom stereocenters. The molecule has 0 saturated carbocycles. The van der Waals surface area contributed by atoms with Gasteiger partial charge in [-0.25, -0.2) is 27.1 Å². The van der Waals surface area contributed by atoms with E-state index < -0.39 is 24.3 Å². The number of nitrogens with two attached hydrogens (primary N) is 2. The third-order valence-electron chi connectivity index (χ3n) is 1.64. The van der Waals surface area contributed by atoms with Crippen molar-refractivity contribution in [2.24, 2.45) is 10.3 Å². The number of hydrogen-bond acceptors (Lipinski definition) is 4. The van der Waals surface area contributed by atoms with Crippen molar-refractivity contribution in [2.75, 3.05) is 0 Å². The first-order valence-electron chi connectivity index (χ1n) is 4.03. The van der Waals surface area contributed by atoms with Crippen molar-refractivity contribution in [3.8, 4) is 0 Å². The van der Waals surface area contributed by atoms with Crippen LogP contribution in [0.4, 0.5) is 0 Å². The second-order valence-electron chi connectivity index (χ2n) is 2.96. The quantitative estimate of drug-likeness (QED) is 0.678. The Labute approximate surface area is 112 Å². The van der Waals surface area contributed by atoms with E-state index in [-0.39, 0.29) is 18.9 Å². The fraction of sp³-hybridized carbons (Fsp3) is 0. The molecule has 1 aromatic carbocycles. The van der Waals surface area contributed by atoms with Crippen LogP contribution in [0.3, 0.4) is 0 Å². The first-order chi connectivity index (χ1) is 7.21. The molecule has 1 aromatic rings. The van der Waals surface area contributed by atoms with E-state index in [1.165, 1.54) is 12.1 Å². The van der Waals surface area contributed by atoms with Crippen LogP contribution in [0, 0.1) is 0 Å². The van der Waals surface area contributed by atoms with Gasteiger partial charge in [-0.05, 0) is 11.6 Å². The summed E-state index contributed by atoms with van der Waals surface area (Å²) in [7, 11) is -8.75. The second kappa shape index (κ2) is 5.82. The number of rotatable bonds is 3. The van der Waals surface area contributed by atoms with Crippen molar-refractivity contribution in [1.82, 2.24) is 0 Å². The van der Waals surface area contributed by atoms with Gasteiger partial charge in [0.15, 0.2) is 4.24 Å². The summed E-state index contributed by atoms with van der Waals surface area (Å²) < 4.78 is 43.1. The Kier molecular flexibility index (Phi) is 5.60. The van der Waals surface area contributed by atoms with Crippen LogP contribution in [0.2, 0.25) is 0 Å². The van der Waals surface area contributed by atoms with Gasteiger partial charge in [-0.15, -0.1) is 0 Å². The van der Waals surface area contributed by atoms with E-state index in [0.29, 0.717) is 5.56 Å². The average Bonchev–Trinajstić information content (AvgIpc) is 2.12. The van der Waals surface area contributed by atoms with Gasteiger partial charge in [-0.2, -0.15) is 0 Å². The van der Waals surface area contributed by atoms with Gasteiger partial charge in [0.2, 0.25) is 20.0 Å². The van der Waals surface area contributed by atoms with Crippen molar-refractivity contribution in [3.05, 3.63) is 40.1 Å². The molecular weight excluding hydrogens is 259 g/mol. The van der Waals surface area contributed by atoms with Gasteiger partial charge in [-0.3, -0.25) is 0 Å². The molecular formula is C8H11LiN2O4S2. The maximum absolute atomic E-state index is 11.0. The Morgan fingerprint density at radius 1 is 0.941 bits per heavy atom. The molecule has 0 aromatic heterocycles. The molecule has 17 heavy (non-hydrogen) atoms. The van der Waals surface area contributed by atoms with E-state index >= 15 is 0 Å². The van der Waals surface area contributed by atoms with E-state index in [1.807, 2.05) is 0 Å². The zero-order chi connectivity index (χ0) is 12.4. The number of benzene rings is 1. The molecule has 0 amide bonds. The molecule has 0 fully saturated rings. The normalized spacial score (nSPS) is 11.4. The van der Waals surface area contributed by atoms with E-state index in [9.17, 15) is 16.8 Å². The number of primary sulfonamides is 2. The average molecular weight is 270 g/mol. The number of hydrogen-bond donors (Lipinski definition) is 2. The molecule has 90 valence electrons. The van der Waals surface area contributed by atoms with Gasteiger partial charge in [0.25, 0.3) is 0 Å². The molecule has 0 saturated heterocycles. The summed E-state index contributed by atoms with van der Waals surface area (Å²) >= 11 is 0. The Hall–Kier alpha value is -0.623. The molecule has 6 nitrogen and oxygen atoms in total. The molecule has 1 rings (SSSR count). The topological polar surface area (TPSA) is 120 Å². The predicted octanol–water partition coefficient (Wildman–Crippen LogP) is -1.09. The molecule has 0 spiro atoms. The third kappa shape index (κ3) is 5.04. The fourth-order valence-electron chi connectivity index (χ4n) is 1.01. The summed E-state index contributed by atoms with van der Waals surface area (Å²) in [4.78, 5) is 0. The molecule has 0 radical (unpaired) electrons. The minimum atomic E-state index is -4.37. The van der Waals surface area contributed by atoms with E-state index in [4.69, 9.17) is 10.3 Å². The van der Waals surface area contributed by atoms with E-state index in [2.05, 4.69) is 0 Å². The van der Waals surface area contributed by atoms with E-state index in [1.54, 1.807) is 18.2 Å². The van der Waals surface area contributed by atoms with Crippen LogP contribution in [-0.2, 0) is 20.0 Å². The summed E-state index contributed by atoms with van der Waals surface area (Å²) in [5.41, 5.74) is 0.376. The third-order valence-corrected chi connectivity index (χ3v) is 4.40. The van der Waals surface area contributed by atoms with Gasteiger partial charge < -0.3 is 0 Å². The molecule has 0 aliphatic heterocycles. The second-order valence-corrected chi connectivity index (χ2v) is 6.28. The van der Waals surface area contributed by atoms with Crippen molar-refractivity contribution in [1.29, 1.82) is 0 Å². The molecule has 4 N–H and O–H groups in total. The summed E-state index contributed by atoms with van der Waals surface area (Å²) in [5.74, 6) is 0. The number of sulfonamides is 2. The van der Waals surface area contributed by atoms with Crippen LogP contribution in [0.15, 0.2) is 34.6 Å². The summed E-state index contributed by atoms with van der Waals surface area (Å²) in [6.45, 7) is 0. The fourth-order valence-corrected chi connectivity index (χ4v) is 2.91. The maximum atomic E-state index is 11.0. The van der Waals surface area contributed by atoms with Crippen LogP contribution in [0.5, 0.6) is 0 Å². The van der Waals surface area contributed by atoms with Gasteiger partial charge in [0.1, 0.15) is 0 Å². The Balaban J connectivity index is 0.00000256. The van der Waals surface area contributed by atoms with Crippen molar-refractivity contribution in [3.63, 3.8) is 0 Å².